The van der Waals surface area contributed by atoms with Gasteiger partial charge in [-0.2, -0.15) is 0 Å². The Hall–Kier alpha value is -4.93. The van der Waals surface area contributed by atoms with Crippen LogP contribution in [0.25, 0.3) is 0 Å². The van der Waals surface area contributed by atoms with E-state index in [9.17, 15) is 24.0 Å². The summed E-state index contributed by atoms with van der Waals surface area (Å²) in [4.78, 5) is 67.3. The maximum atomic E-state index is 14.7. The largest absolute Gasteiger partial charge is 0.491 e. The summed E-state index contributed by atoms with van der Waals surface area (Å²) in [6.07, 6.45) is 0.502. The molecule has 1 aliphatic carbocycles. The zero-order valence-electron chi connectivity index (χ0n) is 36.5. The van der Waals surface area contributed by atoms with E-state index in [2.05, 4.69) is 27.3 Å². The van der Waals surface area contributed by atoms with E-state index >= 15 is 0 Å². The Kier molecular flexibility index (Phi) is 18.0. The summed E-state index contributed by atoms with van der Waals surface area (Å²) in [7, 11) is 1.39. The third-order valence-corrected chi connectivity index (χ3v) is 9.99. The maximum Gasteiger partial charge on any atom is 0.407 e. The van der Waals surface area contributed by atoms with E-state index in [0.29, 0.717) is 51.9 Å². The Morgan fingerprint density at radius 2 is 1.48 bits per heavy atom. The van der Waals surface area contributed by atoms with Gasteiger partial charge >= 0.3 is 12.2 Å². The number of nitrogens with one attached hydrogen (secondary N) is 4. The Balaban J connectivity index is 1.34. The van der Waals surface area contributed by atoms with Gasteiger partial charge in [-0.1, -0.05) is 51.1 Å². The molecule has 0 radical (unpaired) electrons. The normalized spacial score (nSPS) is 17.2. The van der Waals surface area contributed by atoms with Gasteiger partial charge in [0, 0.05) is 26.6 Å². The monoisotopic (exact) mass is 839 g/mol. The number of hydrogen-bond acceptors (Lipinski definition) is 11. The quantitative estimate of drug-likeness (QED) is 0.147. The molecule has 0 bridgehead atoms. The second-order valence-corrected chi connectivity index (χ2v) is 17.0. The molecule has 2 aromatic carbocycles. The van der Waals surface area contributed by atoms with E-state index in [-0.39, 0.29) is 31.5 Å². The summed E-state index contributed by atoms with van der Waals surface area (Å²) in [5.74, 6) is -0.750. The molecule has 0 aromatic heterocycles. The van der Waals surface area contributed by atoms with Crippen LogP contribution in [0, 0.1) is 5.41 Å². The molecule has 5 amide bonds. The fraction of sp³-hybridized carbons (Fsp3) is 0.614. The van der Waals surface area contributed by atoms with E-state index in [4.69, 9.17) is 28.4 Å². The lowest BCUT2D eigenvalue weighted by Gasteiger charge is -2.41. The highest BCUT2D eigenvalue weighted by Gasteiger charge is 2.43. The minimum Gasteiger partial charge on any atom is -0.491 e. The van der Waals surface area contributed by atoms with Gasteiger partial charge in [0.25, 0.3) is 5.91 Å². The number of carbonyl (C=O) groups is 5. The van der Waals surface area contributed by atoms with Gasteiger partial charge in [-0.05, 0) is 86.8 Å². The molecule has 2 aromatic rings. The summed E-state index contributed by atoms with van der Waals surface area (Å²) in [5.41, 5.74) is 2.70. The summed E-state index contributed by atoms with van der Waals surface area (Å²) < 4.78 is 33.0. The third-order valence-electron chi connectivity index (χ3n) is 9.99. The SMILES string of the molecule is CNC(=O)OC(C)C(=O)NC(C(=O)N1Cc2cc(OCCOCCOCCOCCNC(=O)OC(C)(C)C)ccc2C[C@H]1C(=O)N[C@@H]1CCCc2ccccc21)C(C)(C)C. The van der Waals surface area contributed by atoms with Crippen LogP contribution >= 0.6 is 0 Å². The Morgan fingerprint density at radius 3 is 2.15 bits per heavy atom. The standard InChI is InChI=1S/C44H65N5O11/c1-29(59-41(53)45-8)38(50)48-37(43(2,3)4)40(52)49-28-32-26-33(58-25-24-57-23-22-56-21-20-55-19-18-46-42(54)60-44(5,6)7)17-16-31(32)27-36(49)39(51)47-35-15-11-13-30-12-9-10-14-34(30)35/h9-10,12,14,16-17,26,29,35-37H,11,13,15,18-25,27-28H2,1-8H3,(H,45,53)(H,46,54)(H,47,51)(H,48,50)/t29?,35-,36+,37?/m1/s1. The lowest BCUT2D eigenvalue weighted by Crippen LogP contribution is -2.61. The van der Waals surface area contributed by atoms with Crippen molar-refractivity contribution >= 4 is 29.9 Å². The first-order valence-corrected chi connectivity index (χ1v) is 20.8. The minimum absolute atomic E-state index is 0.106. The summed E-state index contributed by atoms with van der Waals surface area (Å²) in [6.45, 7) is 15.2. The number of aryl methyl sites for hydroxylation is 1. The Labute approximate surface area is 354 Å². The highest BCUT2D eigenvalue weighted by Crippen LogP contribution is 2.33. The average molecular weight is 840 g/mol. The number of alkyl carbamates (subject to hydrolysis) is 2. The molecule has 1 aliphatic heterocycles. The van der Waals surface area contributed by atoms with Crippen LogP contribution in [0.15, 0.2) is 42.5 Å². The molecule has 332 valence electrons. The first-order chi connectivity index (χ1) is 28.5. The van der Waals surface area contributed by atoms with Gasteiger partial charge in [0.2, 0.25) is 11.8 Å². The lowest BCUT2D eigenvalue weighted by atomic mass is 9.83. The van der Waals surface area contributed by atoms with Crippen molar-refractivity contribution in [1.29, 1.82) is 0 Å². The molecule has 2 aliphatic rings. The highest BCUT2D eigenvalue weighted by atomic mass is 16.6. The molecule has 2 unspecified atom stereocenters. The smallest absolute Gasteiger partial charge is 0.407 e. The number of amides is 5. The van der Waals surface area contributed by atoms with Gasteiger partial charge in [-0.15, -0.1) is 0 Å². The number of fused-ring (bicyclic) bond motifs is 2. The fourth-order valence-electron chi connectivity index (χ4n) is 6.94. The zero-order chi connectivity index (χ0) is 43.9. The van der Waals surface area contributed by atoms with Crippen molar-refractivity contribution in [3.05, 3.63) is 64.7 Å². The van der Waals surface area contributed by atoms with Crippen LogP contribution in [-0.4, -0.2) is 118 Å². The first-order valence-electron chi connectivity index (χ1n) is 20.8. The highest BCUT2D eigenvalue weighted by molar-refractivity contribution is 5.94. The molecule has 4 rings (SSSR count). The zero-order valence-corrected chi connectivity index (χ0v) is 36.5. The fourth-order valence-corrected chi connectivity index (χ4v) is 6.94. The number of nitrogens with zero attached hydrogens (tertiary/aromatic N) is 1. The van der Waals surface area contributed by atoms with Crippen molar-refractivity contribution in [2.45, 2.75) is 111 Å². The molecule has 1 heterocycles. The van der Waals surface area contributed by atoms with E-state index in [1.165, 1.54) is 19.5 Å². The molecule has 0 fully saturated rings. The number of benzene rings is 2. The van der Waals surface area contributed by atoms with E-state index in [1.807, 2.05) is 57.2 Å². The van der Waals surface area contributed by atoms with Crippen molar-refractivity contribution < 1.29 is 52.4 Å². The average Bonchev–Trinajstić information content (AvgIpc) is 3.19. The van der Waals surface area contributed by atoms with Crippen LogP contribution in [0.2, 0.25) is 0 Å². The van der Waals surface area contributed by atoms with Crippen LogP contribution in [0.5, 0.6) is 5.75 Å². The molecule has 16 nitrogen and oxygen atoms in total. The molecule has 4 N–H and O–H groups in total. The lowest BCUT2D eigenvalue weighted by molar-refractivity contribution is -0.148. The molecule has 16 heteroatoms. The van der Waals surface area contributed by atoms with Gasteiger partial charge in [0.15, 0.2) is 6.10 Å². The second kappa shape index (κ2) is 22.6. The van der Waals surface area contributed by atoms with Crippen LogP contribution in [0.3, 0.4) is 0 Å². The molecule has 0 spiro atoms. The van der Waals surface area contributed by atoms with Gasteiger partial charge in [0.05, 0.1) is 45.7 Å². The van der Waals surface area contributed by atoms with Crippen molar-refractivity contribution in [3.8, 4) is 5.75 Å². The van der Waals surface area contributed by atoms with E-state index < -0.39 is 53.2 Å². The van der Waals surface area contributed by atoms with Gasteiger partial charge < -0.3 is 54.6 Å². The van der Waals surface area contributed by atoms with Crippen molar-refractivity contribution in [2.24, 2.45) is 5.41 Å². The number of rotatable bonds is 19. The summed E-state index contributed by atoms with van der Waals surface area (Å²) >= 11 is 0. The van der Waals surface area contributed by atoms with E-state index in [0.717, 1.165) is 36.0 Å². The number of carbonyl (C=O) groups excluding carboxylic acids is 5. The Bertz CT molecular complexity index is 1760. The second-order valence-electron chi connectivity index (χ2n) is 17.0. The first kappa shape index (κ1) is 47.7. The van der Waals surface area contributed by atoms with Crippen molar-refractivity contribution in [3.63, 3.8) is 0 Å². The van der Waals surface area contributed by atoms with Crippen LogP contribution < -0.4 is 26.0 Å². The third kappa shape index (κ3) is 15.0. The molecule has 0 saturated heterocycles. The van der Waals surface area contributed by atoms with Crippen molar-refractivity contribution in [1.82, 2.24) is 26.2 Å². The van der Waals surface area contributed by atoms with Crippen LogP contribution in [0.1, 0.15) is 89.6 Å². The number of hydrogen-bond donors (Lipinski definition) is 4. The minimum atomic E-state index is -1.17. The van der Waals surface area contributed by atoms with Gasteiger partial charge in [-0.3, -0.25) is 14.4 Å². The van der Waals surface area contributed by atoms with Gasteiger partial charge in [-0.25, -0.2) is 9.59 Å². The Morgan fingerprint density at radius 1 is 0.817 bits per heavy atom. The molecular formula is C44H65N5O11. The van der Waals surface area contributed by atoms with E-state index in [1.54, 1.807) is 25.7 Å². The number of ether oxygens (including phenoxy) is 6. The molecule has 0 saturated carbocycles. The van der Waals surface area contributed by atoms with Gasteiger partial charge in [0.1, 0.15) is 30.0 Å². The van der Waals surface area contributed by atoms with Crippen LogP contribution in [0.4, 0.5) is 9.59 Å². The molecule has 4 atom stereocenters. The van der Waals surface area contributed by atoms with Crippen molar-refractivity contribution in [2.75, 3.05) is 59.8 Å². The summed E-state index contributed by atoms with van der Waals surface area (Å²) in [6, 6.07) is 11.7. The molecular weight excluding hydrogens is 775 g/mol. The maximum absolute atomic E-state index is 14.7. The predicted molar refractivity (Wildman–Crippen MR) is 223 cm³/mol. The molecule has 60 heavy (non-hydrogen) atoms. The topological polar surface area (TPSA) is 192 Å². The van der Waals surface area contributed by atoms with Crippen LogP contribution in [-0.2, 0) is 57.5 Å². The predicted octanol–water partition coefficient (Wildman–Crippen LogP) is 4.36. The summed E-state index contributed by atoms with van der Waals surface area (Å²) in [5, 5.41) is 11.0.